The van der Waals surface area contributed by atoms with E-state index in [1.165, 1.54) is 0 Å². The van der Waals surface area contributed by atoms with Gasteiger partial charge in [0.25, 0.3) is 0 Å². The Kier molecular flexibility index (Phi) is 5.65. The Hall–Kier alpha value is -2.16. The minimum atomic E-state index is -1.20. The third-order valence-corrected chi connectivity index (χ3v) is 6.11. The van der Waals surface area contributed by atoms with Crippen LogP contribution in [0.25, 0.3) is 5.52 Å². The van der Waals surface area contributed by atoms with Crippen LogP contribution in [0.3, 0.4) is 0 Å². The summed E-state index contributed by atoms with van der Waals surface area (Å²) in [6.45, 7) is 8.90. The molecule has 2 aromatic rings. The smallest absolute Gasteiger partial charge is 0.405 e. The molecule has 8 nitrogen and oxygen atoms in total. The van der Waals surface area contributed by atoms with E-state index >= 15 is 0 Å². The predicted octanol–water partition coefficient (Wildman–Crippen LogP) is 3.39. The van der Waals surface area contributed by atoms with E-state index in [-0.39, 0.29) is 23.9 Å². The average Bonchev–Trinajstić information content (AvgIpc) is 2.96. The Labute approximate surface area is 172 Å². The Balaban J connectivity index is 2.02. The number of rotatable bonds is 3. The number of imidazole rings is 1. The van der Waals surface area contributed by atoms with Crippen LogP contribution >= 0.6 is 15.9 Å². The average molecular weight is 452 g/mol. The van der Waals surface area contributed by atoms with E-state index in [1.807, 2.05) is 17.5 Å². The number of nitrogens with one attached hydrogen (secondary N) is 1. The van der Waals surface area contributed by atoms with Gasteiger partial charge < -0.3 is 15.3 Å². The summed E-state index contributed by atoms with van der Waals surface area (Å²) in [6.07, 6.45) is 4.03. The lowest BCUT2D eigenvalue weighted by Crippen LogP contribution is -2.47. The normalized spacial score (nSPS) is 20.4. The van der Waals surface area contributed by atoms with Gasteiger partial charge in [-0.25, -0.2) is 9.78 Å². The zero-order valence-electron chi connectivity index (χ0n) is 16.6. The quantitative estimate of drug-likeness (QED) is 0.744. The summed E-state index contributed by atoms with van der Waals surface area (Å²) in [6, 6.07) is -0.235. The van der Waals surface area contributed by atoms with E-state index < -0.39 is 6.09 Å². The Morgan fingerprint density at radius 1 is 1.39 bits per heavy atom. The fourth-order valence-corrected chi connectivity index (χ4v) is 4.61. The van der Waals surface area contributed by atoms with Gasteiger partial charge in [-0.1, -0.05) is 20.8 Å². The van der Waals surface area contributed by atoms with Gasteiger partial charge in [0.15, 0.2) is 0 Å². The fraction of sp³-hybridized carbons (Fsp3) is 0.579. The molecule has 2 unspecified atom stereocenters. The van der Waals surface area contributed by atoms with Crippen molar-refractivity contribution >= 4 is 33.4 Å². The van der Waals surface area contributed by atoms with Crippen LogP contribution in [0, 0.1) is 18.3 Å². The van der Waals surface area contributed by atoms with Gasteiger partial charge >= 0.3 is 6.09 Å². The molecular weight excluding hydrogens is 426 g/mol. The second-order valence-corrected chi connectivity index (χ2v) is 9.09. The van der Waals surface area contributed by atoms with Crippen molar-refractivity contribution in [2.75, 3.05) is 13.1 Å². The molecule has 0 bridgehead atoms. The number of piperidine rings is 1. The third-order valence-electron chi connectivity index (χ3n) is 5.56. The molecule has 1 aliphatic heterocycles. The largest absolute Gasteiger partial charge is 0.465 e. The SMILES string of the molecule is Cc1nccn2c(C3CC(C(C)(C)C)CCN3C(=O)CNC(=O)O)nc(Br)c12. The van der Waals surface area contributed by atoms with Crippen molar-refractivity contribution < 1.29 is 14.7 Å². The highest BCUT2D eigenvalue weighted by atomic mass is 79.9. The second kappa shape index (κ2) is 7.69. The highest BCUT2D eigenvalue weighted by Crippen LogP contribution is 2.42. The third kappa shape index (κ3) is 3.99. The number of hydrogen-bond donors (Lipinski definition) is 2. The lowest BCUT2D eigenvalue weighted by atomic mass is 9.73. The minimum absolute atomic E-state index is 0.106. The highest BCUT2D eigenvalue weighted by Gasteiger charge is 2.39. The van der Waals surface area contributed by atoms with Crippen LogP contribution in [0.2, 0.25) is 0 Å². The summed E-state index contributed by atoms with van der Waals surface area (Å²) < 4.78 is 2.68. The van der Waals surface area contributed by atoms with Crippen molar-refractivity contribution in [3.8, 4) is 0 Å². The van der Waals surface area contributed by atoms with Crippen LogP contribution in [0.4, 0.5) is 4.79 Å². The van der Waals surface area contributed by atoms with Crippen LogP contribution in [-0.4, -0.2) is 49.5 Å². The summed E-state index contributed by atoms with van der Waals surface area (Å²) in [5.74, 6) is 0.950. The number of likely N-dealkylation sites (tertiary alicyclic amines) is 1. The maximum absolute atomic E-state index is 12.8. The Morgan fingerprint density at radius 2 is 2.11 bits per heavy atom. The van der Waals surface area contributed by atoms with Crippen LogP contribution in [0.5, 0.6) is 0 Å². The molecule has 1 aliphatic rings. The zero-order chi connectivity index (χ0) is 20.6. The summed E-state index contributed by atoms with van der Waals surface area (Å²) in [5, 5.41) is 11.0. The Morgan fingerprint density at radius 3 is 2.75 bits per heavy atom. The van der Waals surface area contributed by atoms with Crippen molar-refractivity contribution in [3.05, 3.63) is 28.5 Å². The van der Waals surface area contributed by atoms with Gasteiger partial charge in [0.2, 0.25) is 5.91 Å². The van der Waals surface area contributed by atoms with Gasteiger partial charge in [-0.2, -0.15) is 0 Å². The molecule has 2 aromatic heterocycles. The van der Waals surface area contributed by atoms with Crippen LogP contribution in [-0.2, 0) is 4.79 Å². The second-order valence-electron chi connectivity index (χ2n) is 8.34. The van der Waals surface area contributed by atoms with Gasteiger partial charge in [-0.05, 0) is 47.0 Å². The number of amides is 2. The molecule has 0 aromatic carbocycles. The molecule has 1 fully saturated rings. The van der Waals surface area contributed by atoms with Crippen LogP contribution < -0.4 is 5.32 Å². The summed E-state index contributed by atoms with van der Waals surface area (Å²) in [4.78, 5) is 34.4. The molecule has 0 aliphatic carbocycles. The van der Waals surface area contributed by atoms with Crippen molar-refractivity contribution in [2.24, 2.45) is 11.3 Å². The van der Waals surface area contributed by atoms with E-state index in [9.17, 15) is 9.59 Å². The predicted molar refractivity (Wildman–Crippen MR) is 108 cm³/mol. The molecule has 0 radical (unpaired) electrons. The van der Waals surface area contributed by atoms with Gasteiger partial charge in [0.1, 0.15) is 22.5 Å². The van der Waals surface area contributed by atoms with Gasteiger partial charge in [-0.3, -0.25) is 14.2 Å². The standard InChI is InChI=1S/C19H26BrN5O3/c1-11-15-16(20)23-17(25(15)8-6-21-11)13-9-12(19(2,3)4)5-7-24(13)14(26)10-22-18(27)28/h6,8,12-13,22H,5,7,9-10H2,1-4H3,(H,27,28). The van der Waals surface area contributed by atoms with Crippen LogP contribution in [0.1, 0.15) is 51.2 Å². The van der Waals surface area contributed by atoms with E-state index in [0.717, 1.165) is 29.9 Å². The maximum Gasteiger partial charge on any atom is 0.405 e. The molecule has 0 spiro atoms. The first-order valence-electron chi connectivity index (χ1n) is 9.35. The minimum Gasteiger partial charge on any atom is -0.465 e. The number of halogens is 1. The van der Waals surface area contributed by atoms with Crippen molar-refractivity contribution in [1.82, 2.24) is 24.6 Å². The molecule has 0 saturated carbocycles. The number of carboxylic acid groups (broad SMARTS) is 1. The first-order valence-corrected chi connectivity index (χ1v) is 10.1. The van der Waals surface area contributed by atoms with Gasteiger partial charge in [0, 0.05) is 18.9 Å². The number of hydrogen-bond acceptors (Lipinski definition) is 4. The van der Waals surface area contributed by atoms with Crippen LogP contribution in [0.15, 0.2) is 17.0 Å². The Bertz CT molecular complexity index is 905. The molecule has 1 saturated heterocycles. The lowest BCUT2D eigenvalue weighted by molar-refractivity contribution is -0.135. The number of carbonyl (C=O) groups excluding carboxylic acids is 1. The number of aromatic nitrogens is 3. The summed E-state index contributed by atoms with van der Waals surface area (Å²) in [5.41, 5.74) is 1.84. The fourth-order valence-electron chi connectivity index (χ4n) is 3.95. The van der Waals surface area contributed by atoms with Crippen molar-refractivity contribution in [1.29, 1.82) is 0 Å². The number of fused-ring (bicyclic) bond motifs is 1. The zero-order valence-corrected chi connectivity index (χ0v) is 18.2. The maximum atomic E-state index is 12.8. The first-order chi connectivity index (χ1) is 13.1. The summed E-state index contributed by atoms with van der Waals surface area (Å²) >= 11 is 3.53. The number of nitrogens with zero attached hydrogens (tertiary/aromatic N) is 4. The van der Waals surface area contributed by atoms with E-state index in [0.29, 0.717) is 17.1 Å². The first kappa shape index (κ1) is 20.6. The monoisotopic (exact) mass is 451 g/mol. The van der Waals surface area contributed by atoms with E-state index in [4.69, 9.17) is 10.1 Å². The van der Waals surface area contributed by atoms with Crippen molar-refractivity contribution in [2.45, 2.75) is 46.6 Å². The molecule has 2 N–H and O–H groups in total. The lowest BCUT2D eigenvalue weighted by Gasteiger charge is -2.43. The molecule has 28 heavy (non-hydrogen) atoms. The van der Waals surface area contributed by atoms with Gasteiger partial charge in [-0.15, -0.1) is 0 Å². The molecule has 9 heteroatoms. The number of carbonyl (C=O) groups is 2. The molecule has 2 atom stereocenters. The summed E-state index contributed by atoms with van der Waals surface area (Å²) in [7, 11) is 0. The molecule has 3 heterocycles. The van der Waals surface area contributed by atoms with Crippen molar-refractivity contribution in [3.63, 3.8) is 0 Å². The number of aryl methyl sites for hydroxylation is 1. The molecule has 2 amide bonds. The van der Waals surface area contributed by atoms with E-state index in [2.05, 4.69) is 47.0 Å². The molecule has 152 valence electrons. The topological polar surface area (TPSA) is 99.8 Å². The van der Waals surface area contributed by atoms with E-state index in [1.54, 1.807) is 11.1 Å². The van der Waals surface area contributed by atoms with Gasteiger partial charge in [0.05, 0.1) is 11.7 Å². The highest BCUT2D eigenvalue weighted by molar-refractivity contribution is 9.10. The molecule has 3 rings (SSSR count). The molecular formula is C19H26BrN5O3.